The fourth-order valence-corrected chi connectivity index (χ4v) is 5.64. The Kier molecular flexibility index (Phi) is 4.99. The Morgan fingerprint density at radius 3 is 2.90 bits per heavy atom. The zero-order valence-corrected chi connectivity index (χ0v) is 17.6. The molecule has 3 N–H and O–H groups in total. The van der Waals surface area contributed by atoms with Gasteiger partial charge in [0.2, 0.25) is 5.91 Å². The first-order valence-corrected chi connectivity index (χ1v) is 11.1. The number of fused-ring (bicyclic) bond motifs is 1. The normalized spacial score (nSPS) is 26.3. The summed E-state index contributed by atoms with van der Waals surface area (Å²) in [5.41, 5.74) is 1.39. The molecule has 162 valence electrons. The quantitative estimate of drug-likeness (QED) is 0.559. The van der Waals surface area contributed by atoms with Gasteiger partial charge in [-0.15, -0.1) is 11.8 Å². The minimum Gasteiger partial charge on any atom is -0.394 e. The Labute approximate surface area is 181 Å². The van der Waals surface area contributed by atoms with Crippen LogP contribution in [0, 0.1) is 6.92 Å². The van der Waals surface area contributed by atoms with E-state index in [1.807, 2.05) is 24.4 Å². The second kappa shape index (κ2) is 7.70. The van der Waals surface area contributed by atoms with Crippen molar-refractivity contribution in [2.45, 2.75) is 37.1 Å². The van der Waals surface area contributed by atoms with Gasteiger partial charge in [-0.25, -0.2) is 4.79 Å². The summed E-state index contributed by atoms with van der Waals surface area (Å²) in [4.78, 5) is 44.1. The van der Waals surface area contributed by atoms with E-state index in [-0.39, 0.29) is 17.9 Å². The van der Waals surface area contributed by atoms with E-state index in [2.05, 4.69) is 16.0 Å². The average molecular weight is 442 g/mol. The highest BCUT2D eigenvalue weighted by Crippen LogP contribution is 2.45. The molecular weight excluding hydrogens is 420 g/mol. The molecule has 2 saturated heterocycles. The van der Waals surface area contributed by atoms with E-state index in [1.165, 1.54) is 22.5 Å². The SMILES string of the molecule is Cc1cn([C@H]2C[C@H](N3C(=O)CSC3c3ccc4[nH]ccc4c3)[C@@H](CO)O2)c(=O)[nH]c1=O. The van der Waals surface area contributed by atoms with E-state index in [0.717, 1.165) is 16.5 Å². The molecule has 0 spiro atoms. The van der Waals surface area contributed by atoms with E-state index < -0.39 is 29.6 Å². The summed E-state index contributed by atoms with van der Waals surface area (Å²) in [6.45, 7) is 1.33. The van der Waals surface area contributed by atoms with E-state index >= 15 is 0 Å². The highest BCUT2D eigenvalue weighted by molar-refractivity contribution is 8.00. The molecule has 5 rings (SSSR count). The minimum absolute atomic E-state index is 0.0261. The van der Waals surface area contributed by atoms with Crippen molar-refractivity contribution in [2.24, 2.45) is 0 Å². The van der Waals surface area contributed by atoms with Gasteiger partial charge in [-0.05, 0) is 36.1 Å². The number of carbonyl (C=O) groups excluding carboxylic acids is 1. The standard InChI is InChI=1S/C21H22N4O5S/c1-11-8-24(21(29)23-19(11)28)18-7-15(16(9-26)30-18)25-17(27)10-31-20(25)13-2-3-14-12(6-13)4-5-22-14/h2-6,8,15-16,18,20,22,26H,7,9-10H2,1H3,(H,23,28,29)/t15-,16+,18+,20?/m0/s1. The molecule has 4 atom stereocenters. The number of benzene rings is 1. The van der Waals surface area contributed by atoms with Crippen LogP contribution in [0.1, 0.15) is 29.1 Å². The average Bonchev–Trinajstić information content (AvgIpc) is 3.47. The molecule has 4 heterocycles. The number of aliphatic hydroxyl groups is 1. The van der Waals surface area contributed by atoms with Gasteiger partial charge in [0.25, 0.3) is 5.56 Å². The van der Waals surface area contributed by atoms with E-state index in [9.17, 15) is 19.5 Å². The van der Waals surface area contributed by atoms with Crippen LogP contribution in [-0.4, -0.2) is 55.0 Å². The number of thioether (sulfide) groups is 1. The van der Waals surface area contributed by atoms with E-state index in [1.54, 1.807) is 11.8 Å². The molecule has 1 aromatic carbocycles. The number of aryl methyl sites for hydroxylation is 1. The molecule has 9 nitrogen and oxygen atoms in total. The number of hydrogen-bond donors (Lipinski definition) is 3. The Bertz CT molecular complexity index is 1260. The minimum atomic E-state index is -0.684. The second-order valence-corrected chi connectivity index (χ2v) is 8.95. The first kappa shape index (κ1) is 20.1. The summed E-state index contributed by atoms with van der Waals surface area (Å²) < 4.78 is 7.30. The maximum atomic E-state index is 12.9. The van der Waals surface area contributed by atoms with Gasteiger partial charge in [0.05, 0.1) is 18.4 Å². The molecule has 0 saturated carbocycles. The molecule has 2 fully saturated rings. The van der Waals surface area contributed by atoms with Gasteiger partial charge in [-0.2, -0.15) is 0 Å². The molecule has 1 unspecified atom stereocenters. The predicted octanol–water partition coefficient (Wildman–Crippen LogP) is 1.25. The van der Waals surface area contributed by atoms with Crippen LogP contribution in [-0.2, 0) is 9.53 Å². The largest absolute Gasteiger partial charge is 0.394 e. The monoisotopic (exact) mass is 442 g/mol. The number of aromatic nitrogens is 3. The van der Waals surface area contributed by atoms with Gasteiger partial charge in [0.15, 0.2) is 0 Å². The van der Waals surface area contributed by atoms with E-state index in [4.69, 9.17) is 4.74 Å². The zero-order chi connectivity index (χ0) is 21.7. The van der Waals surface area contributed by atoms with Gasteiger partial charge < -0.3 is 19.7 Å². The fourth-order valence-electron chi connectivity index (χ4n) is 4.42. The van der Waals surface area contributed by atoms with Crippen LogP contribution in [0.25, 0.3) is 10.9 Å². The summed E-state index contributed by atoms with van der Waals surface area (Å²) in [5, 5.41) is 10.8. The van der Waals surface area contributed by atoms with Crippen molar-refractivity contribution < 1.29 is 14.6 Å². The summed E-state index contributed by atoms with van der Waals surface area (Å²) in [5.74, 6) is 0.314. The number of aromatic amines is 2. The number of nitrogens with zero attached hydrogens (tertiary/aromatic N) is 2. The third kappa shape index (κ3) is 3.40. The highest BCUT2D eigenvalue weighted by atomic mass is 32.2. The maximum absolute atomic E-state index is 12.9. The van der Waals surface area contributed by atoms with Crippen LogP contribution in [0.2, 0.25) is 0 Å². The number of ether oxygens (including phenoxy) is 1. The fraction of sp³-hybridized carbons (Fsp3) is 0.381. The number of nitrogens with one attached hydrogen (secondary N) is 2. The number of carbonyl (C=O) groups is 1. The first-order chi connectivity index (χ1) is 15.0. The van der Waals surface area contributed by atoms with Crippen LogP contribution in [0.15, 0.2) is 46.2 Å². The lowest BCUT2D eigenvalue weighted by Crippen LogP contribution is -2.44. The Morgan fingerprint density at radius 1 is 1.26 bits per heavy atom. The first-order valence-electron chi connectivity index (χ1n) is 10.0. The van der Waals surface area contributed by atoms with Crippen molar-refractivity contribution in [3.63, 3.8) is 0 Å². The topological polar surface area (TPSA) is 120 Å². The lowest BCUT2D eigenvalue weighted by atomic mass is 10.1. The number of H-pyrrole nitrogens is 2. The lowest BCUT2D eigenvalue weighted by Gasteiger charge is -2.32. The molecule has 0 bridgehead atoms. The second-order valence-electron chi connectivity index (χ2n) is 7.88. The van der Waals surface area contributed by atoms with Gasteiger partial charge in [-0.3, -0.25) is 19.1 Å². The predicted molar refractivity (Wildman–Crippen MR) is 116 cm³/mol. The summed E-state index contributed by atoms with van der Waals surface area (Å²) >= 11 is 1.54. The molecule has 10 heteroatoms. The Hall–Kier alpha value is -2.82. The third-order valence-corrected chi connectivity index (χ3v) is 7.19. The van der Waals surface area contributed by atoms with Gasteiger partial charge in [-0.1, -0.05) is 6.07 Å². The van der Waals surface area contributed by atoms with Crippen molar-refractivity contribution in [1.82, 2.24) is 19.4 Å². The molecular formula is C21H22N4O5S. The molecule has 2 aliphatic rings. The molecule has 31 heavy (non-hydrogen) atoms. The van der Waals surface area contributed by atoms with Crippen molar-refractivity contribution in [1.29, 1.82) is 0 Å². The summed E-state index contributed by atoms with van der Waals surface area (Å²) in [7, 11) is 0. The van der Waals surface area contributed by atoms with Crippen molar-refractivity contribution in [2.75, 3.05) is 12.4 Å². The molecule has 1 amide bonds. The van der Waals surface area contributed by atoms with Crippen molar-refractivity contribution in [3.05, 3.63) is 68.6 Å². The molecule has 3 aromatic rings. The molecule has 0 aliphatic carbocycles. The highest BCUT2D eigenvalue weighted by Gasteiger charge is 2.47. The number of hydrogen-bond acceptors (Lipinski definition) is 6. The maximum Gasteiger partial charge on any atom is 0.330 e. The van der Waals surface area contributed by atoms with Gasteiger partial charge >= 0.3 is 5.69 Å². The van der Waals surface area contributed by atoms with E-state index in [0.29, 0.717) is 17.7 Å². The third-order valence-electron chi connectivity index (χ3n) is 5.97. The number of amides is 1. The summed E-state index contributed by atoms with van der Waals surface area (Å²) in [6.07, 6.45) is 2.36. The van der Waals surface area contributed by atoms with Crippen molar-refractivity contribution >= 4 is 28.6 Å². The number of aliphatic hydroxyl groups excluding tert-OH is 1. The number of rotatable bonds is 4. The van der Waals surface area contributed by atoms with Crippen LogP contribution < -0.4 is 11.2 Å². The smallest absolute Gasteiger partial charge is 0.330 e. The van der Waals surface area contributed by atoms with Crippen LogP contribution >= 0.6 is 11.8 Å². The summed E-state index contributed by atoms with van der Waals surface area (Å²) in [6, 6.07) is 7.64. The van der Waals surface area contributed by atoms with Crippen LogP contribution in [0.3, 0.4) is 0 Å². The zero-order valence-electron chi connectivity index (χ0n) is 16.8. The van der Waals surface area contributed by atoms with Crippen LogP contribution in [0.4, 0.5) is 0 Å². The van der Waals surface area contributed by atoms with Crippen LogP contribution in [0.5, 0.6) is 0 Å². The Balaban J connectivity index is 1.48. The molecule has 2 aliphatic heterocycles. The molecule has 0 radical (unpaired) electrons. The molecule has 2 aromatic heterocycles. The van der Waals surface area contributed by atoms with Gasteiger partial charge in [0, 0.05) is 29.9 Å². The van der Waals surface area contributed by atoms with Gasteiger partial charge in [0.1, 0.15) is 17.7 Å². The Morgan fingerprint density at radius 2 is 2.10 bits per heavy atom. The van der Waals surface area contributed by atoms with Crippen molar-refractivity contribution in [3.8, 4) is 0 Å². The lowest BCUT2D eigenvalue weighted by molar-refractivity contribution is -0.132.